The van der Waals surface area contributed by atoms with E-state index in [0.717, 1.165) is 0 Å². The monoisotopic (exact) mass is 195 g/mol. The second-order valence-electron chi connectivity index (χ2n) is 2.38. The number of carbonyl (C=O) groups is 1. The molecule has 0 saturated carbocycles. The second kappa shape index (κ2) is 4.83. The summed E-state index contributed by atoms with van der Waals surface area (Å²) in [4.78, 5) is 11.2. The molecule has 0 heterocycles. The Hall–Kier alpha value is -2.08. The zero-order valence-corrected chi connectivity index (χ0v) is 7.14. The van der Waals surface area contributed by atoms with E-state index in [-0.39, 0.29) is 0 Å². The average molecular weight is 195 g/mol. The number of nitrogens with one attached hydrogen (secondary N) is 2. The Kier molecular flexibility index (Phi) is 3.45. The van der Waals surface area contributed by atoms with Gasteiger partial charge in [-0.05, 0) is 12.1 Å². The fourth-order valence-corrected chi connectivity index (χ4v) is 0.830. The van der Waals surface area contributed by atoms with E-state index in [1.165, 1.54) is 5.48 Å². The maximum absolute atomic E-state index is 11.2. The minimum Gasteiger partial charge on any atom is -0.409 e. The third-order valence-electron chi connectivity index (χ3n) is 1.45. The van der Waals surface area contributed by atoms with Crippen molar-refractivity contribution in [2.24, 2.45) is 5.16 Å². The number of anilines is 1. The van der Waals surface area contributed by atoms with Crippen LogP contribution in [0.3, 0.4) is 0 Å². The summed E-state index contributed by atoms with van der Waals surface area (Å²) in [6.45, 7) is 0. The van der Waals surface area contributed by atoms with Gasteiger partial charge in [0.15, 0.2) is 0 Å². The molecule has 1 aromatic rings. The van der Waals surface area contributed by atoms with E-state index in [4.69, 9.17) is 10.4 Å². The van der Waals surface area contributed by atoms with Gasteiger partial charge < -0.3 is 10.5 Å². The van der Waals surface area contributed by atoms with Gasteiger partial charge in [0.25, 0.3) is 11.7 Å². The molecular formula is C8H9N3O3. The van der Waals surface area contributed by atoms with Gasteiger partial charge in [-0.15, -0.1) is 0 Å². The highest BCUT2D eigenvalue weighted by molar-refractivity contribution is 6.41. The van der Waals surface area contributed by atoms with Crippen molar-refractivity contribution in [3.05, 3.63) is 30.3 Å². The van der Waals surface area contributed by atoms with E-state index in [0.29, 0.717) is 5.69 Å². The first kappa shape index (κ1) is 10.0. The van der Waals surface area contributed by atoms with Crippen molar-refractivity contribution in [2.45, 2.75) is 0 Å². The molecule has 0 fully saturated rings. The molecule has 6 nitrogen and oxygen atoms in total. The molecule has 0 aliphatic carbocycles. The molecule has 0 aromatic heterocycles. The molecule has 0 aliphatic rings. The fourth-order valence-electron chi connectivity index (χ4n) is 0.830. The van der Waals surface area contributed by atoms with Crippen molar-refractivity contribution in [1.29, 1.82) is 0 Å². The first-order valence-corrected chi connectivity index (χ1v) is 3.76. The van der Waals surface area contributed by atoms with Crippen LogP contribution in [0.15, 0.2) is 35.5 Å². The van der Waals surface area contributed by atoms with Gasteiger partial charge in [-0.25, -0.2) is 5.48 Å². The van der Waals surface area contributed by atoms with Crippen LogP contribution in [-0.2, 0) is 4.79 Å². The number of para-hydroxylation sites is 1. The molecule has 74 valence electrons. The maximum atomic E-state index is 11.2. The van der Waals surface area contributed by atoms with Crippen molar-refractivity contribution < 1.29 is 15.2 Å². The summed E-state index contributed by atoms with van der Waals surface area (Å²) < 4.78 is 0. The molecule has 0 spiro atoms. The summed E-state index contributed by atoms with van der Waals surface area (Å²) in [5.74, 6) is -1.31. The van der Waals surface area contributed by atoms with Crippen molar-refractivity contribution >= 4 is 17.4 Å². The molecule has 0 aliphatic heterocycles. The summed E-state index contributed by atoms with van der Waals surface area (Å²) >= 11 is 0. The molecule has 4 N–H and O–H groups in total. The SMILES string of the molecule is O=C(Nc1ccccc1)C(=NO)NO. The largest absolute Gasteiger partial charge is 0.409 e. The van der Waals surface area contributed by atoms with Gasteiger partial charge in [0, 0.05) is 5.69 Å². The van der Waals surface area contributed by atoms with Crippen LogP contribution in [0, 0.1) is 0 Å². The predicted molar refractivity (Wildman–Crippen MR) is 49.2 cm³/mol. The highest BCUT2D eigenvalue weighted by Gasteiger charge is 2.10. The van der Waals surface area contributed by atoms with Gasteiger partial charge in [0.1, 0.15) is 0 Å². The number of amidine groups is 1. The average Bonchev–Trinajstić information content (AvgIpc) is 2.21. The van der Waals surface area contributed by atoms with Crippen LogP contribution in [0.2, 0.25) is 0 Å². The molecule has 0 saturated heterocycles. The first-order chi connectivity index (χ1) is 6.77. The Morgan fingerprint density at radius 2 is 1.93 bits per heavy atom. The van der Waals surface area contributed by atoms with Gasteiger partial charge in [-0.2, -0.15) is 0 Å². The van der Waals surface area contributed by atoms with Crippen molar-refractivity contribution in [3.8, 4) is 0 Å². The second-order valence-corrected chi connectivity index (χ2v) is 2.38. The lowest BCUT2D eigenvalue weighted by Crippen LogP contribution is -2.33. The van der Waals surface area contributed by atoms with Crippen molar-refractivity contribution in [3.63, 3.8) is 0 Å². The van der Waals surface area contributed by atoms with Crippen LogP contribution in [-0.4, -0.2) is 22.2 Å². The van der Waals surface area contributed by atoms with E-state index in [2.05, 4.69) is 10.5 Å². The summed E-state index contributed by atoms with van der Waals surface area (Å²) in [7, 11) is 0. The zero-order chi connectivity index (χ0) is 10.4. The Morgan fingerprint density at radius 1 is 1.29 bits per heavy atom. The number of hydrogen-bond acceptors (Lipinski definition) is 4. The number of oxime groups is 1. The normalized spacial score (nSPS) is 10.8. The van der Waals surface area contributed by atoms with Crippen LogP contribution in [0.5, 0.6) is 0 Å². The molecule has 6 heteroatoms. The molecule has 0 unspecified atom stereocenters. The van der Waals surface area contributed by atoms with Crippen molar-refractivity contribution in [1.82, 2.24) is 5.48 Å². The van der Waals surface area contributed by atoms with Crippen molar-refractivity contribution in [2.75, 3.05) is 5.32 Å². The number of hydrogen-bond donors (Lipinski definition) is 4. The third kappa shape index (κ3) is 2.46. The molecular weight excluding hydrogens is 186 g/mol. The number of benzene rings is 1. The number of amides is 1. The van der Waals surface area contributed by atoms with Gasteiger partial charge in [-0.3, -0.25) is 10.0 Å². The lowest BCUT2D eigenvalue weighted by Gasteiger charge is -2.04. The Morgan fingerprint density at radius 3 is 2.43 bits per heavy atom. The number of nitrogens with zero attached hydrogens (tertiary/aromatic N) is 1. The van der Waals surface area contributed by atoms with E-state index < -0.39 is 11.7 Å². The minimum atomic E-state index is -0.735. The number of carbonyl (C=O) groups excluding carboxylic acids is 1. The lowest BCUT2D eigenvalue weighted by molar-refractivity contribution is -0.111. The Labute approximate surface area is 79.8 Å². The van der Waals surface area contributed by atoms with Crippen LogP contribution < -0.4 is 10.8 Å². The predicted octanol–water partition coefficient (Wildman–Crippen LogP) is 0.392. The van der Waals surface area contributed by atoms with E-state index >= 15 is 0 Å². The quantitative estimate of drug-likeness (QED) is 0.226. The lowest BCUT2D eigenvalue weighted by atomic mass is 10.3. The van der Waals surface area contributed by atoms with E-state index in [1.54, 1.807) is 30.3 Å². The van der Waals surface area contributed by atoms with Crippen LogP contribution in [0.4, 0.5) is 5.69 Å². The molecule has 1 amide bonds. The third-order valence-corrected chi connectivity index (χ3v) is 1.45. The van der Waals surface area contributed by atoms with Crippen LogP contribution in [0.25, 0.3) is 0 Å². The first-order valence-electron chi connectivity index (χ1n) is 3.76. The molecule has 0 radical (unpaired) electrons. The molecule has 0 bridgehead atoms. The molecule has 0 atom stereocenters. The van der Waals surface area contributed by atoms with Gasteiger partial charge in [0.05, 0.1) is 0 Å². The zero-order valence-electron chi connectivity index (χ0n) is 7.14. The van der Waals surface area contributed by atoms with E-state index in [1.807, 2.05) is 0 Å². The minimum absolute atomic E-state index is 0.536. The van der Waals surface area contributed by atoms with Gasteiger partial charge >= 0.3 is 0 Å². The Bertz CT molecular complexity index is 337. The van der Waals surface area contributed by atoms with Gasteiger partial charge in [0.2, 0.25) is 0 Å². The summed E-state index contributed by atoms with van der Waals surface area (Å²) in [6, 6.07) is 8.57. The maximum Gasteiger partial charge on any atom is 0.296 e. The summed E-state index contributed by atoms with van der Waals surface area (Å²) in [5, 5.41) is 21.6. The highest BCUT2D eigenvalue weighted by Crippen LogP contribution is 2.04. The molecule has 1 aromatic carbocycles. The topological polar surface area (TPSA) is 94.0 Å². The summed E-state index contributed by atoms with van der Waals surface area (Å²) in [6.07, 6.45) is 0. The molecule has 14 heavy (non-hydrogen) atoms. The number of rotatable bonds is 1. The fraction of sp³-hybridized carbons (Fsp3) is 0. The standard InChI is InChI=1S/C8H9N3O3/c12-8(7(10-13)11-14)9-6-4-2-1-3-5-6/h1-5,13-14H,(H,9,12)(H,10,11). The van der Waals surface area contributed by atoms with Gasteiger partial charge in [-0.1, -0.05) is 23.4 Å². The summed E-state index contributed by atoms with van der Waals surface area (Å²) in [5.41, 5.74) is 2.00. The van der Waals surface area contributed by atoms with Crippen LogP contribution >= 0.6 is 0 Å². The Balaban J connectivity index is 2.66. The molecule has 1 rings (SSSR count). The highest BCUT2D eigenvalue weighted by atomic mass is 16.5. The smallest absolute Gasteiger partial charge is 0.296 e. The van der Waals surface area contributed by atoms with E-state index in [9.17, 15) is 4.79 Å². The number of hydroxylamine groups is 1. The van der Waals surface area contributed by atoms with Crippen LogP contribution in [0.1, 0.15) is 0 Å².